The van der Waals surface area contributed by atoms with Gasteiger partial charge in [0.1, 0.15) is 5.75 Å². The van der Waals surface area contributed by atoms with Crippen LogP contribution in [-0.2, 0) is 19.4 Å². The highest BCUT2D eigenvalue weighted by atomic mass is 32.2. The lowest BCUT2D eigenvalue weighted by Crippen LogP contribution is -2.53. The molecule has 0 saturated carbocycles. The Morgan fingerprint density at radius 2 is 1.79 bits per heavy atom. The monoisotopic (exact) mass is 411 g/mol. The molecule has 2 N–H and O–H groups in total. The maximum atomic E-state index is 13.1. The summed E-state index contributed by atoms with van der Waals surface area (Å²) in [6, 6.07) is 6.25. The van der Waals surface area contributed by atoms with Gasteiger partial charge >= 0.3 is 0 Å². The van der Waals surface area contributed by atoms with Gasteiger partial charge in [-0.05, 0) is 61.3 Å². The predicted molar refractivity (Wildman–Crippen MR) is 109 cm³/mol. The van der Waals surface area contributed by atoms with Gasteiger partial charge in [-0.25, -0.2) is 8.42 Å². The molecule has 1 fully saturated rings. The van der Waals surface area contributed by atoms with Crippen LogP contribution in [0, 0.1) is 11.3 Å². The van der Waals surface area contributed by atoms with E-state index in [2.05, 4.69) is 27.7 Å². The van der Waals surface area contributed by atoms with Crippen LogP contribution < -0.4 is 10.5 Å². The third kappa shape index (κ3) is 5.26. The van der Waals surface area contributed by atoms with E-state index in [0.29, 0.717) is 18.3 Å². The molecule has 1 unspecified atom stereocenters. The lowest BCUT2D eigenvalue weighted by atomic mass is 9.84. The first-order valence-electron chi connectivity index (χ1n) is 9.83. The normalized spacial score (nSPS) is 18.4. The van der Waals surface area contributed by atoms with E-state index >= 15 is 0 Å². The number of carbonyl (C=O) groups excluding carboxylic acids is 1. The Hall–Kier alpha value is -1.60. The predicted octanol–water partition coefficient (Wildman–Crippen LogP) is 3.34. The summed E-state index contributed by atoms with van der Waals surface area (Å²) >= 11 is 0. The van der Waals surface area contributed by atoms with Gasteiger partial charge in [0.15, 0.2) is 14.6 Å². The molecule has 1 heterocycles. The lowest BCUT2D eigenvalue weighted by Gasteiger charge is -2.33. The molecule has 1 saturated heterocycles. The van der Waals surface area contributed by atoms with Gasteiger partial charge in [-0.15, -0.1) is 0 Å². The van der Waals surface area contributed by atoms with Crippen molar-refractivity contribution in [3.05, 3.63) is 24.3 Å². The first-order valence-corrected chi connectivity index (χ1v) is 11.3. The fraction of sp³-hybridized carbons (Fsp3) is 0.667. The topological polar surface area (TPSA) is 95.7 Å². The Bertz CT molecular complexity index is 759. The Labute approximate surface area is 168 Å². The molecular formula is C21H33NO5S. The quantitative estimate of drug-likeness (QED) is 0.708. The molecule has 0 radical (unpaired) electrons. The van der Waals surface area contributed by atoms with E-state index in [-0.39, 0.29) is 36.4 Å². The van der Waals surface area contributed by atoms with Crippen LogP contribution in [-0.4, -0.2) is 38.9 Å². The van der Waals surface area contributed by atoms with Crippen molar-refractivity contribution in [3.8, 4) is 5.75 Å². The van der Waals surface area contributed by atoms with Crippen LogP contribution in [0.3, 0.4) is 0 Å². The Kier molecular flexibility index (Phi) is 7.15. The van der Waals surface area contributed by atoms with Crippen LogP contribution in [0.4, 0.5) is 0 Å². The van der Waals surface area contributed by atoms with E-state index in [1.165, 1.54) is 12.1 Å². The van der Waals surface area contributed by atoms with Crippen molar-refractivity contribution in [1.82, 2.24) is 0 Å². The summed E-state index contributed by atoms with van der Waals surface area (Å²) in [5.74, 6) is 0.342. The van der Waals surface area contributed by atoms with Crippen molar-refractivity contribution in [3.63, 3.8) is 0 Å². The molecule has 2 rings (SSSR count). The minimum atomic E-state index is -3.90. The molecule has 0 bridgehead atoms. The summed E-state index contributed by atoms with van der Waals surface area (Å²) in [4.78, 5) is 12.1. The summed E-state index contributed by atoms with van der Waals surface area (Å²) in [5, 5.41) is 0. The number of carbonyl (C=O) groups is 1. The number of rotatable bonds is 8. The van der Waals surface area contributed by atoms with E-state index in [1.807, 2.05) is 0 Å². The number of ether oxygens (including phenoxy) is 2. The zero-order chi connectivity index (χ0) is 21.0. The van der Waals surface area contributed by atoms with E-state index in [9.17, 15) is 13.2 Å². The molecule has 1 aliphatic heterocycles. The molecule has 28 heavy (non-hydrogen) atoms. The number of hydrogen-bond donors (Lipinski definition) is 1. The lowest BCUT2D eigenvalue weighted by molar-refractivity contribution is -0.122. The summed E-state index contributed by atoms with van der Waals surface area (Å²) in [6.45, 7) is 9.86. The largest absolute Gasteiger partial charge is 0.494 e. The van der Waals surface area contributed by atoms with E-state index in [0.717, 1.165) is 12.8 Å². The van der Waals surface area contributed by atoms with Gasteiger partial charge in [0, 0.05) is 13.2 Å². The summed E-state index contributed by atoms with van der Waals surface area (Å²) in [5.41, 5.74) is 5.78. The number of hydrogen-bond acceptors (Lipinski definition) is 5. The second-order valence-corrected chi connectivity index (χ2v) is 11.2. The highest BCUT2D eigenvalue weighted by Gasteiger charge is 2.51. The van der Waals surface area contributed by atoms with Crippen molar-refractivity contribution in [1.29, 1.82) is 0 Å². The molecule has 7 heteroatoms. The van der Waals surface area contributed by atoms with Crippen LogP contribution in [0.2, 0.25) is 0 Å². The van der Waals surface area contributed by atoms with Gasteiger partial charge in [-0.1, -0.05) is 27.7 Å². The number of nitrogens with two attached hydrogens (primary N) is 1. The first kappa shape index (κ1) is 22.7. The fourth-order valence-corrected chi connectivity index (χ4v) is 5.73. The molecule has 1 amide bonds. The Morgan fingerprint density at radius 3 is 2.29 bits per heavy atom. The van der Waals surface area contributed by atoms with Crippen molar-refractivity contribution < 1.29 is 22.7 Å². The Morgan fingerprint density at radius 1 is 1.21 bits per heavy atom. The van der Waals surface area contributed by atoms with Crippen molar-refractivity contribution in [2.24, 2.45) is 17.1 Å². The second kappa shape index (κ2) is 8.82. The second-order valence-electron chi connectivity index (χ2n) is 8.95. The number of benzene rings is 1. The SMILES string of the molecule is CC(CCOc1ccc(S(=O)(=O)C2(C(N)=O)CCOCC2)cc1)CC(C)(C)C. The first-order chi connectivity index (χ1) is 13.0. The van der Waals surface area contributed by atoms with Crippen LogP contribution >= 0.6 is 0 Å². The van der Waals surface area contributed by atoms with Gasteiger partial charge in [0.2, 0.25) is 5.91 Å². The van der Waals surface area contributed by atoms with E-state index in [4.69, 9.17) is 15.2 Å². The van der Waals surface area contributed by atoms with Crippen LogP contribution in [0.25, 0.3) is 0 Å². The average Bonchev–Trinajstić information content (AvgIpc) is 2.61. The molecule has 1 aliphatic rings. The molecule has 1 aromatic rings. The maximum Gasteiger partial charge on any atom is 0.239 e. The zero-order valence-electron chi connectivity index (χ0n) is 17.4. The fourth-order valence-electron chi connectivity index (χ4n) is 3.81. The smallest absolute Gasteiger partial charge is 0.239 e. The third-order valence-electron chi connectivity index (χ3n) is 5.24. The van der Waals surface area contributed by atoms with Crippen molar-refractivity contribution in [2.75, 3.05) is 19.8 Å². The average molecular weight is 412 g/mol. The molecule has 6 nitrogen and oxygen atoms in total. The minimum Gasteiger partial charge on any atom is -0.494 e. The molecule has 1 atom stereocenters. The van der Waals surface area contributed by atoms with E-state index < -0.39 is 20.5 Å². The highest BCUT2D eigenvalue weighted by Crippen LogP contribution is 2.35. The van der Waals surface area contributed by atoms with Gasteiger partial charge in [-0.2, -0.15) is 0 Å². The van der Waals surface area contributed by atoms with E-state index in [1.54, 1.807) is 12.1 Å². The van der Waals surface area contributed by atoms with Crippen LogP contribution in [0.5, 0.6) is 5.75 Å². The van der Waals surface area contributed by atoms with Crippen LogP contribution in [0.15, 0.2) is 29.2 Å². The van der Waals surface area contributed by atoms with Gasteiger partial charge < -0.3 is 15.2 Å². The molecule has 158 valence electrons. The maximum absolute atomic E-state index is 13.1. The van der Waals surface area contributed by atoms with Crippen LogP contribution in [0.1, 0.15) is 53.4 Å². The minimum absolute atomic E-state index is 0.0780. The standard InChI is InChI=1S/C21H33NO5S/c1-16(15-20(2,3)4)9-12-27-17-5-7-18(8-6-17)28(24,25)21(19(22)23)10-13-26-14-11-21/h5-8,16H,9-15H2,1-4H3,(H2,22,23). The van der Waals surface area contributed by atoms with Gasteiger partial charge in [0.05, 0.1) is 11.5 Å². The molecule has 1 aromatic carbocycles. The van der Waals surface area contributed by atoms with Crippen molar-refractivity contribution >= 4 is 15.7 Å². The number of primary amides is 1. The summed E-state index contributed by atoms with van der Waals surface area (Å²) < 4.78 is 35.6. The third-order valence-corrected chi connectivity index (χ3v) is 7.77. The summed E-state index contributed by atoms with van der Waals surface area (Å²) in [7, 11) is -3.90. The number of sulfone groups is 1. The van der Waals surface area contributed by atoms with Gasteiger partial charge in [-0.3, -0.25) is 4.79 Å². The number of amides is 1. The molecule has 0 aliphatic carbocycles. The molecule has 0 aromatic heterocycles. The summed E-state index contributed by atoms with van der Waals surface area (Å²) in [6.07, 6.45) is 2.21. The van der Waals surface area contributed by atoms with Gasteiger partial charge in [0.25, 0.3) is 0 Å². The zero-order valence-corrected chi connectivity index (χ0v) is 18.2. The Balaban J connectivity index is 2.04. The molecular weight excluding hydrogens is 378 g/mol. The molecule has 0 spiro atoms. The highest BCUT2D eigenvalue weighted by molar-refractivity contribution is 7.93. The van der Waals surface area contributed by atoms with Crippen molar-refractivity contribution in [2.45, 2.75) is 63.0 Å².